The molecule has 72 valence electrons. The molecule has 0 aliphatic rings. The maximum Gasteiger partial charge on any atom is 0.173 e. The van der Waals surface area contributed by atoms with E-state index in [-0.39, 0.29) is 6.04 Å². The van der Waals surface area contributed by atoms with Gasteiger partial charge >= 0.3 is 0 Å². The first-order valence-corrected chi connectivity index (χ1v) is 5.03. The molecule has 2 N–H and O–H groups in total. The zero-order valence-corrected chi connectivity index (χ0v) is 9.30. The van der Waals surface area contributed by atoms with Crippen molar-refractivity contribution in [2.24, 2.45) is 5.73 Å². The molecule has 0 aromatic carbocycles. The van der Waals surface area contributed by atoms with Gasteiger partial charge < -0.3 is 10.2 Å². The van der Waals surface area contributed by atoms with E-state index in [1.165, 1.54) is 0 Å². The van der Waals surface area contributed by atoms with Gasteiger partial charge in [0.15, 0.2) is 4.67 Å². The normalized spacial score (nSPS) is 12.8. The summed E-state index contributed by atoms with van der Waals surface area (Å²) in [6.45, 7) is 5.85. The number of hydrogen-bond acceptors (Lipinski definition) is 2. The van der Waals surface area contributed by atoms with Gasteiger partial charge in [0.25, 0.3) is 0 Å². The molecule has 0 aliphatic heterocycles. The minimum atomic E-state index is 0.0322. The van der Waals surface area contributed by atoms with Gasteiger partial charge in [0.1, 0.15) is 0 Å². The SMILES string of the molecule is C=C(C)CCC(N)c1ccoc1Br. The highest BCUT2D eigenvalue weighted by atomic mass is 79.9. The van der Waals surface area contributed by atoms with Crippen LogP contribution in [-0.2, 0) is 0 Å². The Labute approximate surface area is 86.9 Å². The molecule has 1 heterocycles. The fourth-order valence-electron chi connectivity index (χ4n) is 1.13. The Hall–Kier alpha value is -0.540. The highest BCUT2D eigenvalue weighted by Gasteiger charge is 2.11. The smallest absolute Gasteiger partial charge is 0.173 e. The quantitative estimate of drug-likeness (QED) is 0.824. The summed E-state index contributed by atoms with van der Waals surface area (Å²) < 4.78 is 5.84. The molecule has 0 amide bonds. The van der Waals surface area contributed by atoms with Crippen molar-refractivity contribution < 1.29 is 4.42 Å². The summed E-state index contributed by atoms with van der Waals surface area (Å²) in [6.07, 6.45) is 3.51. The molecule has 0 bridgehead atoms. The zero-order valence-electron chi connectivity index (χ0n) is 7.72. The largest absolute Gasteiger partial charge is 0.457 e. The van der Waals surface area contributed by atoms with Gasteiger partial charge in [0, 0.05) is 11.6 Å². The third-order valence-corrected chi connectivity index (χ3v) is 2.57. The van der Waals surface area contributed by atoms with Crippen LogP contribution in [0.25, 0.3) is 0 Å². The predicted octanol–water partition coefficient (Wildman–Crippen LogP) is 3.40. The Kier molecular flexibility index (Phi) is 3.75. The first-order chi connectivity index (χ1) is 6.11. The van der Waals surface area contributed by atoms with Gasteiger partial charge in [-0.25, -0.2) is 0 Å². The van der Waals surface area contributed by atoms with Crippen molar-refractivity contribution in [1.82, 2.24) is 0 Å². The second-order valence-corrected chi connectivity index (χ2v) is 3.97. The van der Waals surface area contributed by atoms with Crippen molar-refractivity contribution in [3.8, 4) is 0 Å². The number of rotatable bonds is 4. The summed E-state index contributed by atoms with van der Waals surface area (Å²) in [7, 11) is 0. The molecule has 1 unspecified atom stereocenters. The lowest BCUT2D eigenvalue weighted by atomic mass is 10.0. The first-order valence-electron chi connectivity index (χ1n) is 4.24. The molecule has 3 heteroatoms. The molecule has 0 fully saturated rings. The average molecular weight is 244 g/mol. The third kappa shape index (κ3) is 3.01. The summed E-state index contributed by atoms with van der Waals surface area (Å²) in [5.74, 6) is 0. The highest BCUT2D eigenvalue weighted by Crippen LogP contribution is 2.26. The number of hydrogen-bond donors (Lipinski definition) is 1. The van der Waals surface area contributed by atoms with Gasteiger partial charge in [-0.1, -0.05) is 5.57 Å². The molecule has 2 nitrogen and oxygen atoms in total. The Balaban J connectivity index is 2.53. The van der Waals surface area contributed by atoms with Gasteiger partial charge in [0.05, 0.1) is 6.26 Å². The van der Waals surface area contributed by atoms with Gasteiger partial charge in [-0.05, 0) is 41.8 Å². The van der Waals surface area contributed by atoms with Crippen LogP contribution in [0.4, 0.5) is 0 Å². The highest BCUT2D eigenvalue weighted by molar-refractivity contribution is 9.10. The van der Waals surface area contributed by atoms with E-state index in [0.29, 0.717) is 0 Å². The molecule has 0 radical (unpaired) electrons. The van der Waals surface area contributed by atoms with Crippen molar-refractivity contribution in [2.75, 3.05) is 0 Å². The van der Waals surface area contributed by atoms with Crippen LogP contribution < -0.4 is 5.73 Å². The Morgan fingerprint density at radius 1 is 1.77 bits per heavy atom. The molecule has 0 saturated heterocycles. The molecule has 1 atom stereocenters. The summed E-state index contributed by atoms with van der Waals surface area (Å²) in [5.41, 5.74) is 8.15. The van der Waals surface area contributed by atoms with Crippen molar-refractivity contribution in [3.05, 3.63) is 34.7 Å². The summed E-state index contributed by atoms with van der Waals surface area (Å²) >= 11 is 3.30. The monoisotopic (exact) mass is 243 g/mol. The number of allylic oxidation sites excluding steroid dienone is 1. The van der Waals surface area contributed by atoms with E-state index < -0.39 is 0 Å². The minimum Gasteiger partial charge on any atom is -0.457 e. The summed E-state index contributed by atoms with van der Waals surface area (Å²) in [4.78, 5) is 0. The molecule has 0 aliphatic carbocycles. The maximum absolute atomic E-state index is 5.96. The van der Waals surface area contributed by atoms with E-state index in [1.807, 2.05) is 13.0 Å². The first kappa shape index (κ1) is 10.5. The standard InChI is InChI=1S/C10H14BrNO/c1-7(2)3-4-9(12)8-5-6-13-10(8)11/h5-6,9H,1,3-4,12H2,2H3. The third-order valence-electron chi connectivity index (χ3n) is 1.93. The second kappa shape index (κ2) is 4.63. The van der Waals surface area contributed by atoms with Gasteiger partial charge in [-0.2, -0.15) is 0 Å². The van der Waals surface area contributed by atoms with Crippen LogP contribution in [0.5, 0.6) is 0 Å². The second-order valence-electron chi connectivity index (χ2n) is 3.25. The van der Waals surface area contributed by atoms with Gasteiger partial charge in [0.2, 0.25) is 0 Å². The molecule has 0 saturated carbocycles. The predicted molar refractivity (Wildman–Crippen MR) is 57.4 cm³/mol. The van der Waals surface area contributed by atoms with E-state index in [2.05, 4.69) is 22.5 Å². The molecule has 13 heavy (non-hydrogen) atoms. The van der Waals surface area contributed by atoms with Crippen LogP contribution in [0.15, 0.2) is 33.6 Å². The number of nitrogens with two attached hydrogens (primary N) is 1. The summed E-state index contributed by atoms with van der Waals surface area (Å²) in [5, 5.41) is 0. The average Bonchev–Trinajstić information content (AvgIpc) is 2.47. The van der Waals surface area contributed by atoms with Crippen molar-refractivity contribution >= 4 is 15.9 Å². The topological polar surface area (TPSA) is 39.2 Å². The lowest BCUT2D eigenvalue weighted by Gasteiger charge is -2.09. The van der Waals surface area contributed by atoms with Crippen LogP contribution >= 0.6 is 15.9 Å². The Morgan fingerprint density at radius 3 is 2.92 bits per heavy atom. The van der Waals surface area contributed by atoms with Crippen LogP contribution in [0.1, 0.15) is 31.4 Å². The van der Waals surface area contributed by atoms with Crippen LogP contribution in [0.3, 0.4) is 0 Å². The maximum atomic E-state index is 5.96. The van der Waals surface area contributed by atoms with Crippen molar-refractivity contribution in [1.29, 1.82) is 0 Å². The molecule has 0 spiro atoms. The molecule has 1 aromatic rings. The van der Waals surface area contributed by atoms with Crippen molar-refractivity contribution in [2.45, 2.75) is 25.8 Å². The van der Waals surface area contributed by atoms with E-state index in [1.54, 1.807) is 6.26 Å². The zero-order chi connectivity index (χ0) is 9.84. The fourth-order valence-corrected chi connectivity index (χ4v) is 1.66. The molecule has 1 aromatic heterocycles. The van der Waals surface area contributed by atoms with Crippen molar-refractivity contribution in [3.63, 3.8) is 0 Å². The Morgan fingerprint density at radius 2 is 2.46 bits per heavy atom. The molecule has 1 rings (SSSR count). The van der Waals surface area contributed by atoms with Crippen LogP contribution in [-0.4, -0.2) is 0 Å². The van der Waals surface area contributed by atoms with Gasteiger partial charge in [-0.15, -0.1) is 6.58 Å². The summed E-state index contributed by atoms with van der Waals surface area (Å²) in [6, 6.07) is 1.93. The van der Waals surface area contributed by atoms with Crippen LogP contribution in [0.2, 0.25) is 0 Å². The lowest BCUT2D eigenvalue weighted by molar-refractivity contribution is 0.527. The van der Waals surface area contributed by atoms with Crippen LogP contribution in [0, 0.1) is 0 Å². The fraction of sp³-hybridized carbons (Fsp3) is 0.400. The molecular formula is C10H14BrNO. The Bertz CT molecular complexity index is 293. The molecular weight excluding hydrogens is 230 g/mol. The van der Waals surface area contributed by atoms with Gasteiger partial charge in [-0.3, -0.25) is 0 Å². The van der Waals surface area contributed by atoms with E-state index >= 15 is 0 Å². The lowest BCUT2D eigenvalue weighted by Crippen LogP contribution is -2.09. The number of furan rings is 1. The van der Waals surface area contributed by atoms with E-state index in [9.17, 15) is 0 Å². The minimum absolute atomic E-state index is 0.0322. The number of halogens is 1. The van der Waals surface area contributed by atoms with E-state index in [4.69, 9.17) is 10.2 Å². The van der Waals surface area contributed by atoms with E-state index in [0.717, 1.165) is 28.6 Å².